The van der Waals surface area contributed by atoms with Gasteiger partial charge in [0.25, 0.3) is 0 Å². The second-order valence-corrected chi connectivity index (χ2v) is 5.21. The van der Waals surface area contributed by atoms with E-state index in [1.165, 1.54) is 10.5 Å². The van der Waals surface area contributed by atoms with E-state index in [1.54, 1.807) is 19.2 Å². The highest BCUT2D eigenvalue weighted by molar-refractivity contribution is 5.97. The largest absolute Gasteiger partial charge is 0.485 e. The maximum atomic E-state index is 13.7. The van der Waals surface area contributed by atoms with Crippen molar-refractivity contribution < 1.29 is 23.1 Å². The van der Waals surface area contributed by atoms with E-state index in [9.17, 15) is 13.2 Å². The Morgan fingerprint density at radius 3 is 2.72 bits per heavy atom. The summed E-state index contributed by atoms with van der Waals surface area (Å²) < 4.78 is 47.6. The van der Waals surface area contributed by atoms with Crippen LogP contribution in [-0.2, 0) is 6.61 Å². The average molecular weight is 350 g/mol. The molecular formula is C16H13F3N4O2. The summed E-state index contributed by atoms with van der Waals surface area (Å²) in [6.45, 7) is 1.12. The van der Waals surface area contributed by atoms with E-state index in [0.717, 1.165) is 6.07 Å². The quantitative estimate of drug-likeness (QED) is 0.249. The molecule has 0 saturated carbocycles. The van der Waals surface area contributed by atoms with Gasteiger partial charge in [-0.3, -0.25) is 4.40 Å². The number of amidine groups is 1. The summed E-state index contributed by atoms with van der Waals surface area (Å²) in [5, 5.41) is 11.8. The highest BCUT2D eigenvalue weighted by atomic mass is 19.2. The lowest BCUT2D eigenvalue weighted by atomic mass is 10.2. The second-order valence-electron chi connectivity index (χ2n) is 5.21. The molecule has 2 heterocycles. The molecule has 0 saturated heterocycles. The molecule has 0 bridgehead atoms. The minimum Gasteiger partial charge on any atom is -0.485 e. The molecule has 130 valence electrons. The average Bonchev–Trinajstić information content (AvgIpc) is 2.94. The lowest BCUT2D eigenvalue weighted by Crippen LogP contribution is -2.16. The fourth-order valence-corrected chi connectivity index (χ4v) is 2.48. The Morgan fingerprint density at radius 1 is 1.28 bits per heavy atom. The van der Waals surface area contributed by atoms with Crippen LogP contribution in [0, 0.1) is 24.4 Å². The number of oxime groups is 1. The van der Waals surface area contributed by atoms with Crippen LogP contribution < -0.4 is 10.5 Å². The summed E-state index contributed by atoms with van der Waals surface area (Å²) in [5.74, 6) is -3.33. The van der Waals surface area contributed by atoms with Crippen molar-refractivity contribution in [3.8, 4) is 5.75 Å². The zero-order chi connectivity index (χ0) is 18.1. The van der Waals surface area contributed by atoms with Crippen molar-refractivity contribution in [2.75, 3.05) is 0 Å². The molecule has 0 aliphatic carbocycles. The molecule has 0 spiro atoms. The van der Waals surface area contributed by atoms with Crippen LogP contribution in [0.2, 0.25) is 0 Å². The summed E-state index contributed by atoms with van der Waals surface area (Å²) >= 11 is 0. The molecule has 0 aliphatic rings. The number of ether oxygens (including phenoxy) is 1. The number of halogens is 3. The van der Waals surface area contributed by atoms with Crippen molar-refractivity contribution in [3.05, 3.63) is 64.9 Å². The Balaban J connectivity index is 2.00. The zero-order valence-electron chi connectivity index (χ0n) is 13.0. The van der Waals surface area contributed by atoms with Crippen LogP contribution in [0.5, 0.6) is 5.75 Å². The van der Waals surface area contributed by atoms with E-state index < -0.39 is 29.6 Å². The number of rotatable bonds is 4. The normalized spacial score (nSPS) is 11.9. The van der Waals surface area contributed by atoms with E-state index in [4.69, 9.17) is 15.7 Å². The van der Waals surface area contributed by atoms with Crippen LogP contribution >= 0.6 is 0 Å². The Hall–Kier alpha value is -3.23. The zero-order valence-corrected chi connectivity index (χ0v) is 13.0. The number of fused-ring (bicyclic) bond motifs is 1. The summed E-state index contributed by atoms with van der Waals surface area (Å²) in [7, 11) is 0. The van der Waals surface area contributed by atoms with Gasteiger partial charge in [-0.15, -0.1) is 0 Å². The number of imidazole rings is 1. The fourth-order valence-electron chi connectivity index (χ4n) is 2.48. The first-order chi connectivity index (χ1) is 11.9. The van der Waals surface area contributed by atoms with Crippen LogP contribution in [-0.4, -0.2) is 20.4 Å². The van der Waals surface area contributed by atoms with Gasteiger partial charge in [-0.25, -0.2) is 18.2 Å². The van der Waals surface area contributed by atoms with E-state index >= 15 is 0 Å². The maximum absolute atomic E-state index is 13.7. The van der Waals surface area contributed by atoms with Gasteiger partial charge in [0.2, 0.25) is 0 Å². The number of nitrogens with two attached hydrogens (primary N) is 1. The molecule has 0 unspecified atom stereocenters. The van der Waals surface area contributed by atoms with Gasteiger partial charge in [0.05, 0.1) is 11.3 Å². The molecular weight excluding hydrogens is 337 g/mol. The van der Waals surface area contributed by atoms with Gasteiger partial charge in [-0.1, -0.05) is 5.16 Å². The number of aryl methyl sites for hydroxylation is 1. The molecule has 0 fully saturated rings. The van der Waals surface area contributed by atoms with Gasteiger partial charge >= 0.3 is 0 Å². The van der Waals surface area contributed by atoms with Gasteiger partial charge < -0.3 is 15.7 Å². The van der Waals surface area contributed by atoms with Crippen LogP contribution in [0.4, 0.5) is 13.2 Å². The lowest BCUT2D eigenvalue weighted by molar-refractivity contribution is 0.291. The first kappa shape index (κ1) is 16.6. The first-order valence-electron chi connectivity index (χ1n) is 7.14. The van der Waals surface area contributed by atoms with Gasteiger partial charge in [-0.05, 0) is 31.2 Å². The molecule has 2 aromatic heterocycles. The third-order valence-electron chi connectivity index (χ3n) is 3.65. The van der Waals surface area contributed by atoms with Crippen molar-refractivity contribution in [1.82, 2.24) is 9.38 Å². The van der Waals surface area contributed by atoms with Crippen LogP contribution in [0.15, 0.2) is 35.6 Å². The van der Waals surface area contributed by atoms with E-state index in [-0.39, 0.29) is 11.6 Å². The van der Waals surface area contributed by atoms with Crippen LogP contribution in [0.3, 0.4) is 0 Å². The summed E-state index contributed by atoms with van der Waals surface area (Å²) in [5.41, 5.74) is 6.23. The third-order valence-corrected chi connectivity index (χ3v) is 3.65. The molecule has 6 nitrogen and oxygen atoms in total. The van der Waals surface area contributed by atoms with Gasteiger partial charge in [0.1, 0.15) is 18.1 Å². The van der Waals surface area contributed by atoms with E-state index in [0.29, 0.717) is 23.1 Å². The number of benzene rings is 1. The Labute approximate surface area is 140 Å². The van der Waals surface area contributed by atoms with Crippen molar-refractivity contribution >= 4 is 11.5 Å². The molecule has 25 heavy (non-hydrogen) atoms. The number of pyridine rings is 1. The van der Waals surface area contributed by atoms with Crippen molar-refractivity contribution in [3.63, 3.8) is 0 Å². The standard InChI is InChI=1S/C16H13F3N4O2/c1-8-14(15(20)22-24)23-6-2-3-12(16(23)21-8)25-7-9-10(17)4-5-11(18)13(9)19/h2-6,24H,7H2,1H3,(H2,20,22). The lowest BCUT2D eigenvalue weighted by Gasteiger charge is -2.10. The maximum Gasteiger partial charge on any atom is 0.189 e. The van der Waals surface area contributed by atoms with Crippen molar-refractivity contribution in [2.45, 2.75) is 13.5 Å². The van der Waals surface area contributed by atoms with Crippen molar-refractivity contribution in [1.29, 1.82) is 0 Å². The Morgan fingerprint density at radius 2 is 2.00 bits per heavy atom. The highest BCUT2D eigenvalue weighted by Gasteiger charge is 2.18. The monoisotopic (exact) mass is 350 g/mol. The summed E-state index contributed by atoms with van der Waals surface area (Å²) in [6, 6.07) is 4.66. The number of hydrogen-bond acceptors (Lipinski definition) is 4. The summed E-state index contributed by atoms with van der Waals surface area (Å²) in [4.78, 5) is 4.26. The summed E-state index contributed by atoms with van der Waals surface area (Å²) in [6.07, 6.45) is 1.61. The van der Waals surface area contributed by atoms with Crippen LogP contribution in [0.1, 0.15) is 17.0 Å². The van der Waals surface area contributed by atoms with Gasteiger partial charge in [-0.2, -0.15) is 0 Å². The molecule has 0 amide bonds. The molecule has 3 N–H and O–H groups in total. The van der Waals surface area contributed by atoms with Gasteiger partial charge in [0.15, 0.2) is 28.9 Å². The van der Waals surface area contributed by atoms with Gasteiger partial charge in [0, 0.05) is 6.20 Å². The molecule has 3 rings (SSSR count). The number of aromatic nitrogens is 2. The molecule has 0 aliphatic heterocycles. The molecule has 1 aromatic carbocycles. The predicted octanol–water partition coefficient (Wildman–Crippen LogP) is 2.73. The predicted molar refractivity (Wildman–Crippen MR) is 83.1 cm³/mol. The minimum atomic E-state index is -1.30. The molecule has 9 heteroatoms. The minimum absolute atomic E-state index is 0.149. The SMILES string of the molecule is Cc1nc2c(OCc3c(F)ccc(F)c3F)cccn2c1/C(N)=N/O. The fraction of sp³-hybridized carbons (Fsp3) is 0.125. The Kier molecular flexibility index (Phi) is 4.22. The third kappa shape index (κ3) is 2.84. The first-order valence-corrected chi connectivity index (χ1v) is 7.14. The smallest absolute Gasteiger partial charge is 0.189 e. The van der Waals surface area contributed by atoms with E-state index in [2.05, 4.69) is 10.1 Å². The molecule has 3 aromatic rings. The number of hydrogen-bond donors (Lipinski definition) is 2. The number of nitrogens with zero attached hydrogens (tertiary/aromatic N) is 3. The molecule has 0 radical (unpaired) electrons. The topological polar surface area (TPSA) is 85.1 Å². The Bertz CT molecular complexity index is 985. The second kappa shape index (κ2) is 6.34. The van der Waals surface area contributed by atoms with Crippen LogP contribution in [0.25, 0.3) is 5.65 Å². The molecule has 0 atom stereocenters. The highest BCUT2D eigenvalue weighted by Crippen LogP contribution is 2.24. The van der Waals surface area contributed by atoms with E-state index in [1.807, 2.05) is 0 Å². The van der Waals surface area contributed by atoms with Crippen molar-refractivity contribution in [2.24, 2.45) is 10.9 Å².